The maximum Gasteiger partial charge on any atom is 0.137 e. The van der Waals surface area contributed by atoms with Crippen molar-refractivity contribution in [2.24, 2.45) is 5.92 Å². The number of anilines is 4. The average molecular weight is 674 g/mol. The fraction of sp³-hybridized carbons (Fsp3) is 0.239. The summed E-state index contributed by atoms with van der Waals surface area (Å²) in [7, 11) is 0. The molecule has 1 aliphatic rings. The molecular formula is C46H46N4O. The lowest BCUT2D eigenvalue weighted by atomic mass is 9.86. The minimum absolute atomic E-state index is 0.000503. The van der Waals surface area contributed by atoms with Gasteiger partial charge in [0.25, 0.3) is 0 Å². The van der Waals surface area contributed by atoms with Gasteiger partial charge in [-0.1, -0.05) is 77.1 Å². The second-order valence-corrected chi connectivity index (χ2v) is 15.2. The number of pyridine rings is 1. The lowest BCUT2D eigenvalue weighted by Crippen LogP contribution is -2.24. The van der Waals surface area contributed by atoms with E-state index in [-0.39, 0.29) is 11.0 Å². The molecule has 5 nitrogen and oxygen atoms in total. The van der Waals surface area contributed by atoms with E-state index in [4.69, 9.17) is 8.85 Å². The number of aromatic nitrogens is 2. The molecule has 0 spiro atoms. The van der Waals surface area contributed by atoms with Gasteiger partial charge in [-0.3, -0.25) is 4.57 Å². The number of fused-ring (bicyclic) bond motifs is 4. The van der Waals surface area contributed by atoms with Gasteiger partial charge in [0, 0.05) is 44.6 Å². The molecule has 0 N–H and O–H groups in total. The van der Waals surface area contributed by atoms with Gasteiger partial charge >= 0.3 is 0 Å². The summed E-state index contributed by atoms with van der Waals surface area (Å²) in [4.78, 5) is 9.43. The quantitative estimate of drug-likeness (QED) is 0.169. The molecule has 0 atom stereocenters. The Morgan fingerprint density at radius 2 is 1.53 bits per heavy atom. The number of aryl methyl sites for hydroxylation is 2. The molecule has 0 fully saturated rings. The predicted molar refractivity (Wildman–Crippen MR) is 214 cm³/mol. The van der Waals surface area contributed by atoms with E-state index in [0.29, 0.717) is 24.2 Å². The molecule has 5 heteroatoms. The van der Waals surface area contributed by atoms with Crippen molar-refractivity contribution < 1.29 is 8.85 Å². The maximum absolute atomic E-state index is 8.03. The van der Waals surface area contributed by atoms with Gasteiger partial charge in [-0.15, -0.1) is 0 Å². The maximum atomic E-state index is 8.03. The van der Waals surface area contributed by atoms with Crippen molar-refractivity contribution in [3.63, 3.8) is 0 Å². The Balaban J connectivity index is 1.18. The molecule has 0 radical (unpaired) electrons. The van der Waals surface area contributed by atoms with Crippen molar-refractivity contribution in [2.45, 2.75) is 60.2 Å². The third-order valence-electron chi connectivity index (χ3n) is 9.87. The van der Waals surface area contributed by atoms with Crippen LogP contribution in [0.25, 0.3) is 27.6 Å². The van der Waals surface area contributed by atoms with Crippen LogP contribution in [0.15, 0.2) is 121 Å². The Morgan fingerprint density at radius 3 is 2.33 bits per heavy atom. The van der Waals surface area contributed by atoms with Crippen LogP contribution in [0.4, 0.5) is 22.7 Å². The molecule has 0 bridgehead atoms. The number of nitrogens with zero attached hydrogens (tertiary/aromatic N) is 4. The molecule has 0 saturated heterocycles. The topological polar surface area (TPSA) is 33.5 Å². The summed E-state index contributed by atoms with van der Waals surface area (Å²) in [6, 6.07) is 39.6. The van der Waals surface area contributed by atoms with E-state index in [9.17, 15) is 0 Å². The number of rotatable bonds is 7. The fourth-order valence-corrected chi connectivity index (χ4v) is 7.40. The minimum atomic E-state index is -2.25. The predicted octanol–water partition coefficient (Wildman–Crippen LogP) is 12.3. The van der Waals surface area contributed by atoms with Crippen molar-refractivity contribution in [1.29, 1.82) is 0 Å². The molecule has 256 valence electrons. The summed E-state index contributed by atoms with van der Waals surface area (Å²) in [6.45, 7) is 11.8. The Labute approximate surface area is 306 Å². The van der Waals surface area contributed by atoms with Crippen molar-refractivity contribution in [3.8, 4) is 17.3 Å². The Hall–Kier alpha value is -5.55. The molecule has 5 aromatic carbocycles. The highest BCUT2D eigenvalue weighted by molar-refractivity contribution is 6.10. The lowest BCUT2D eigenvalue weighted by Gasteiger charge is -2.23. The van der Waals surface area contributed by atoms with Crippen LogP contribution >= 0.6 is 0 Å². The minimum Gasteiger partial charge on any atom is -0.457 e. The fourth-order valence-electron chi connectivity index (χ4n) is 7.40. The number of hydrogen-bond donors (Lipinski definition) is 0. The van der Waals surface area contributed by atoms with Crippen LogP contribution < -0.4 is 14.5 Å². The zero-order chi connectivity index (χ0) is 37.9. The number of hydrogen-bond acceptors (Lipinski definition) is 4. The second-order valence-electron chi connectivity index (χ2n) is 15.2. The molecule has 2 aromatic heterocycles. The monoisotopic (exact) mass is 673 g/mol. The van der Waals surface area contributed by atoms with Crippen molar-refractivity contribution in [3.05, 3.63) is 144 Å². The highest BCUT2D eigenvalue weighted by Gasteiger charge is 2.30. The third kappa shape index (κ3) is 6.11. The van der Waals surface area contributed by atoms with E-state index in [0.717, 1.165) is 45.2 Å². The highest BCUT2D eigenvalue weighted by Crippen LogP contribution is 2.47. The van der Waals surface area contributed by atoms with Crippen LogP contribution in [0.3, 0.4) is 0 Å². The van der Waals surface area contributed by atoms with Gasteiger partial charge in [0.1, 0.15) is 24.0 Å². The van der Waals surface area contributed by atoms with Crippen LogP contribution in [0, 0.1) is 19.7 Å². The van der Waals surface area contributed by atoms with Gasteiger partial charge in [-0.25, -0.2) is 4.98 Å². The molecule has 3 heterocycles. The lowest BCUT2D eigenvalue weighted by molar-refractivity contribution is 0.483. The average Bonchev–Trinajstić information content (AvgIpc) is 3.67. The molecule has 1 aliphatic heterocycles. The second kappa shape index (κ2) is 12.6. The van der Waals surface area contributed by atoms with Crippen molar-refractivity contribution in [2.75, 3.05) is 16.5 Å². The number of para-hydroxylation sites is 1. The normalized spacial score (nSPS) is 14.2. The van der Waals surface area contributed by atoms with Gasteiger partial charge in [0.15, 0.2) is 0 Å². The van der Waals surface area contributed by atoms with Crippen molar-refractivity contribution >= 4 is 44.6 Å². The SMILES string of the molecule is [2H]C([2H])([2H])c1ccnc(-n2c3cc(Oc4cccc(N5CN(c6cccc(CC(C)C)c6)c6ccc(C(C)(C)C)cc65)c4)ccc3c3cccc(C)c32)c1. The standard InChI is InChI=1S/C46H46N4O/c1-30(2)23-33-12-9-13-35(25-33)48-29-49(43-26-34(46(5,6)7)17-20-41(43)48)36-14-10-15-37(27-36)51-38-18-19-39-40-16-8-11-32(4)45(40)50(42(39)28-38)44-24-31(3)21-22-47-44/h8-22,24-28,30H,23,29H2,1-7H3/i3D3. The summed E-state index contributed by atoms with van der Waals surface area (Å²) in [6.07, 6.45) is 2.61. The Morgan fingerprint density at radius 1 is 0.765 bits per heavy atom. The molecule has 7 aromatic rings. The van der Waals surface area contributed by atoms with E-state index < -0.39 is 6.85 Å². The summed E-state index contributed by atoms with van der Waals surface area (Å²) in [5.74, 6) is 2.53. The largest absolute Gasteiger partial charge is 0.457 e. The van der Waals surface area contributed by atoms with Crippen LogP contribution in [0.2, 0.25) is 0 Å². The smallest absolute Gasteiger partial charge is 0.137 e. The van der Waals surface area contributed by atoms with Crippen LogP contribution in [-0.4, -0.2) is 16.2 Å². The van der Waals surface area contributed by atoms with Crippen LogP contribution in [0.1, 0.15) is 61.0 Å². The first-order chi connectivity index (χ1) is 25.7. The van der Waals surface area contributed by atoms with Gasteiger partial charge in [0.05, 0.1) is 22.4 Å². The first-order valence-electron chi connectivity index (χ1n) is 19.3. The van der Waals surface area contributed by atoms with Crippen molar-refractivity contribution in [1.82, 2.24) is 9.55 Å². The molecular weight excluding hydrogens is 625 g/mol. The molecule has 8 rings (SSSR count). The van der Waals surface area contributed by atoms with Gasteiger partial charge in [0.2, 0.25) is 0 Å². The third-order valence-corrected chi connectivity index (χ3v) is 9.87. The van der Waals surface area contributed by atoms with E-state index >= 15 is 0 Å². The summed E-state index contributed by atoms with van der Waals surface area (Å²) < 4.78 is 32.8. The molecule has 51 heavy (non-hydrogen) atoms. The van der Waals surface area contributed by atoms with E-state index in [2.05, 4.69) is 134 Å². The Bertz CT molecular complexity index is 2530. The van der Waals surface area contributed by atoms with E-state index in [1.165, 1.54) is 28.2 Å². The summed E-state index contributed by atoms with van der Waals surface area (Å²) in [5, 5.41) is 2.11. The molecule has 0 saturated carbocycles. The molecule has 0 aliphatic carbocycles. The van der Waals surface area contributed by atoms with E-state index in [1.807, 2.05) is 30.3 Å². The number of ether oxygens (including phenoxy) is 1. The molecule has 0 unspecified atom stereocenters. The van der Waals surface area contributed by atoms with Gasteiger partial charge in [-0.2, -0.15) is 0 Å². The highest BCUT2D eigenvalue weighted by atomic mass is 16.5. The zero-order valence-electron chi connectivity index (χ0n) is 33.2. The molecule has 0 amide bonds. The van der Waals surface area contributed by atoms with Crippen LogP contribution in [-0.2, 0) is 11.8 Å². The van der Waals surface area contributed by atoms with Gasteiger partial charge < -0.3 is 14.5 Å². The summed E-state index contributed by atoms with van der Waals surface area (Å²) in [5.41, 5.74) is 10.4. The van der Waals surface area contributed by atoms with Crippen LogP contribution in [0.5, 0.6) is 11.5 Å². The Kier molecular flexibility index (Phi) is 7.24. The first kappa shape index (κ1) is 29.2. The number of benzene rings is 5. The zero-order valence-corrected chi connectivity index (χ0v) is 30.2. The summed E-state index contributed by atoms with van der Waals surface area (Å²) >= 11 is 0. The van der Waals surface area contributed by atoms with Gasteiger partial charge in [-0.05, 0) is 114 Å². The van der Waals surface area contributed by atoms with E-state index in [1.54, 1.807) is 18.3 Å². The first-order valence-corrected chi connectivity index (χ1v) is 17.8.